The van der Waals surface area contributed by atoms with Gasteiger partial charge in [0.15, 0.2) is 5.69 Å². The normalized spacial score (nSPS) is 11.9. The molecule has 0 saturated heterocycles. The zero-order valence-electron chi connectivity index (χ0n) is 13.1. The minimum atomic E-state index is -0.362. The summed E-state index contributed by atoms with van der Waals surface area (Å²) in [5.41, 5.74) is 1.56. The molecule has 0 aliphatic rings. The van der Waals surface area contributed by atoms with Crippen molar-refractivity contribution in [3.8, 4) is 0 Å². The summed E-state index contributed by atoms with van der Waals surface area (Å²) >= 11 is 0. The minimum absolute atomic E-state index is 0.182. The molecule has 2 heterocycles. The first-order valence-electron chi connectivity index (χ1n) is 7.48. The molecule has 1 atom stereocenters. The van der Waals surface area contributed by atoms with Crippen molar-refractivity contribution < 1.29 is 9.18 Å². The monoisotopic (exact) mass is 325 g/mol. The van der Waals surface area contributed by atoms with Crippen LogP contribution in [0.4, 0.5) is 4.39 Å². The molecule has 0 aliphatic heterocycles. The fourth-order valence-corrected chi connectivity index (χ4v) is 2.30. The number of hydrogen-bond donors (Lipinski definition) is 1. The maximum atomic E-state index is 13.9. The summed E-state index contributed by atoms with van der Waals surface area (Å²) in [5.74, 6) is -0.658. The molecule has 0 bridgehead atoms. The molecular weight excluding hydrogens is 309 g/mol. The molecule has 6 nitrogen and oxygen atoms in total. The molecule has 3 aromatic rings. The Morgan fingerprint density at radius 1 is 1.29 bits per heavy atom. The highest BCUT2D eigenvalue weighted by Gasteiger charge is 2.16. The molecule has 0 saturated carbocycles. The van der Waals surface area contributed by atoms with Crippen LogP contribution in [0.1, 0.15) is 34.6 Å². The smallest absolute Gasteiger partial charge is 0.273 e. The topological polar surface area (TPSA) is 72.7 Å². The molecule has 0 radical (unpaired) electrons. The number of hydrogen-bond acceptors (Lipinski definition) is 4. The molecular formula is C17H16FN5O. The Labute approximate surface area is 138 Å². The van der Waals surface area contributed by atoms with E-state index in [-0.39, 0.29) is 23.5 Å². The van der Waals surface area contributed by atoms with Crippen LogP contribution in [0.25, 0.3) is 0 Å². The van der Waals surface area contributed by atoms with Crippen LogP contribution in [-0.4, -0.2) is 25.9 Å². The van der Waals surface area contributed by atoms with E-state index in [0.29, 0.717) is 12.1 Å². The number of carbonyl (C=O) groups excluding carboxylic acids is 1. The van der Waals surface area contributed by atoms with Gasteiger partial charge in [0.05, 0.1) is 12.2 Å². The third kappa shape index (κ3) is 3.45. The van der Waals surface area contributed by atoms with Crippen molar-refractivity contribution in [2.75, 3.05) is 0 Å². The highest BCUT2D eigenvalue weighted by Crippen LogP contribution is 2.19. The molecule has 122 valence electrons. The van der Waals surface area contributed by atoms with Crippen LogP contribution in [0.15, 0.2) is 55.0 Å². The number of amides is 1. The standard InChI is InChI=1S/C17H16FN5O/c1-12(14-6-2-3-7-15(14)18)23-11-16(21-22-23)17(24)20-10-13-5-4-8-19-9-13/h2-9,11-12H,10H2,1H3,(H,20,24)/t12-/m1/s1. The number of carbonyl (C=O) groups is 1. The Balaban J connectivity index is 1.69. The van der Waals surface area contributed by atoms with Crippen molar-refractivity contribution >= 4 is 5.91 Å². The van der Waals surface area contributed by atoms with Gasteiger partial charge < -0.3 is 5.32 Å². The van der Waals surface area contributed by atoms with Gasteiger partial charge in [0.25, 0.3) is 5.91 Å². The van der Waals surface area contributed by atoms with E-state index in [1.165, 1.54) is 16.9 Å². The zero-order valence-corrected chi connectivity index (χ0v) is 13.1. The minimum Gasteiger partial charge on any atom is -0.346 e. The molecule has 2 aromatic heterocycles. The van der Waals surface area contributed by atoms with E-state index in [4.69, 9.17) is 0 Å². The second-order valence-corrected chi connectivity index (χ2v) is 5.33. The largest absolute Gasteiger partial charge is 0.346 e. The van der Waals surface area contributed by atoms with E-state index >= 15 is 0 Å². The Kier molecular flexibility index (Phi) is 4.60. The number of nitrogens with one attached hydrogen (secondary N) is 1. The predicted molar refractivity (Wildman–Crippen MR) is 85.6 cm³/mol. The second kappa shape index (κ2) is 6.99. The summed E-state index contributed by atoms with van der Waals surface area (Å²) in [5, 5.41) is 10.6. The van der Waals surface area contributed by atoms with Crippen LogP contribution in [0, 0.1) is 5.82 Å². The lowest BCUT2D eigenvalue weighted by atomic mass is 10.1. The molecule has 1 N–H and O–H groups in total. The number of rotatable bonds is 5. The van der Waals surface area contributed by atoms with E-state index < -0.39 is 0 Å². The van der Waals surface area contributed by atoms with Crippen molar-refractivity contribution in [2.45, 2.75) is 19.5 Å². The molecule has 0 aliphatic carbocycles. The Bertz CT molecular complexity index is 834. The molecule has 7 heteroatoms. The van der Waals surface area contributed by atoms with Gasteiger partial charge in [-0.15, -0.1) is 5.10 Å². The van der Waals surface area contributed by atoms with Crippen molar-refractivity contribution in [3.05, 3.63) is 77.6 Å². The Morgan fingerprint density at radius 2 is 2.12 bits per heavy atom. The zero-order chi connectivity index (χ0) is 16.9. The molecule has 0 spiro atoms. The summed E-state index contributed by atoms with van der Waals surface area (Å²) in [7, 11) is 0. The Hall–Kier alpha value is -3.09. The van der Waals surface area contributed by atoms with Crippen LogP contribution in [0.3, 0.4) is 0 Å². The van der Waals surface area contributed by atoms with Gasteiger partial charge >= 0.3 is 0 Å². The van der Waals surface area contributed by atoms with Crippen molar-refractivity contribution in [3.63, 3.8) is 0 Å². The highest BCUT2D eigenvalue weighted by atomic mass is 19.1. The van der Waals surface area contributed by atoms with E-state index in [2.05, 4.69) is 20.6 Å². The van der Waals surface area contributed by atoms with Gasteiger partial charge in [-0.1, -0.05) is 29.5 Å². The summed E-state index contributed by atoms with van der Waals surface area (Å²) in [6, 6.07) is 9.77. The lowest BCUT2D eigenvalue weighted by Crippen LogP contribution is -2.23. The number of aromatic nitrogens is 4. The summed E-state index contributed by atoms with van der Waals surface area (Å²) in [4.78, 5) is 16.1. The number of halogens is 1. The molecule has 1 aromatic carbocycles. The number of pyridine rings is 1. The van der Waals surface area contributed by atoms with E-state index in [1.807, 2.05) is 6.07 Å². The molecule has 3 rings (SSSR count). The van der Waals surface area contributed by atoms with Gasteiger partial charge in [0.2, 0.25) is 0 Å². The fraction of sp³-hybridized carbons (Fsp3) is 0.176. The summed E-state index contributed by atoms with van der Waals surface area (Å²) in [6.45, 7) is 2.15. The van der Waals surface area contributed by atoms with Gasteiger partial charge in [-0.05, 0) is 24.6 Å². The number of benzene rings is 1. The first-order chi connectivity index (χ1) is 11.6. The van der Waals surface area contributed by atoms with E-state index in [1.54, 1.807) is 43.6 Å². The van der Waals surface area contributed by atoms with Crippen LogP contribution in [0.2, 0.25) is 0 Å². The second-order valence-electron chi connectivity index (χ2n) is 5.33. The van der Waals surface area contributed by atoms with Gasteiger partial charge in [-0.25, -0.2) is 9.07 Å². The third-order valence-electron chi connectivity index (χ3n) is 3.67. The Morgan fingerprint density at radius 3 is 2.88 bits per heavy atom. The van der Waals surface area contributed by atoms with Crippen LogP contribution < -0.4 is 5.32 Å². The van der Waals surface area contributed by atoms with E-state index in [0.717, 1.165) is 5.56 Å². The molecule has 24 heavy (non-hydrogen) atoms. The average Bonchev–Trinajstić information content (AvgIpc) is 3.10. The SMILES string of the molecule is C[C@H](c1ccccc1F)n1cc(C(=O)NCc2cccnc2)nn1. The van der Waals surface area contributed by atoms with Crippen LogP contribution in [-0.2, 0) is 6.54 Å². The molecule has 0 fully saturated rings. The van der Waals surface area contributed by atoms with Crippen LogP contribution >= 0.6 is 0 Å². The quantitative estimate of drug-likeness (QED) is 0.781. The lowest BCUT2D eigenvalue weighted by Gasteiger charge is -2.12. The summed E-state index contributed by atoms with van der Waals surface area (Å²) in [6.07, 6.45) is 4.86. The van der Waals surface area contributed by atoms with Crippen molar-refractivity contribution in [2.24, 2.45) is 0 Å². The van der Waals surface area contributed by atoms with Crippen molar-refractivity contribution in [1.82, 2.24) is 25.3 Å². The van der Waals surface area contributed by atoms with Gasteiger partial charge in [0.1, 0.15) is 5.82 Å². The van der Waals surface area contributed by atoms with Gasteiger partial charge in [0, 0.05) is 24.5 Å². The van der Waals surface area contributed by atoms with Gasteiger partial charge in [-0.2, -0.15) is 0 Å². The fourth-order valence-electron chi connectivity index (χ4n) is 2.30. The number of nitrogens with zero attached hydrogens (tertiary/aromatic N) is 4. The van der Waals surface area contributed by atoms with E-state index in [9.17, 15) is 9.18 Å². The van der Waals surface area contributed by atoms with Crippen molar-refractivity contribution in [1.29, 1.82) is 0 Å². The predicted octanol–water partition coefficient (Wildman–Crippen LogP) is 2.35. The first kappa shape index (κ1) is 15.8. The maximum Gasteiger partial charge on any atom is 0.273 e. The lowest BCUT2D eigenvalue weighted by molar-refractivity contribution is 0.0946. The molecule has 1 amide bonds. The third-order valence-corrected chi connectivity index (χ3v) is 3.67. The maximum absolute atomic E-state index is 13.9. The first-order valence-corrected chi connectivity index (χ1v) is 7.48. The van der Waals surface area contributed by atoms with Crippen LogP contribution in [0.5, 0.6) is 0 Å². The summed E-state index contributed by atoms with van der Waals surface area (Å²) < 4.78 is 15.3. The highest BCUT2D eigenvalue weighted by molar-refractivity contribution is 5.91. The molecule has 0 unspecified atom stereocenters. The average molecular weight is 325 g/mol. The van der Waals surface area contributed by atoms with Gasteiger partial charge in [-0.3, -0.25) is 9.78 Å².